The van der Waals surface area contributed by atoms with Gasteiger partial charge in [-0.1, -0.05) is 29.8 Å². The van der Waals surface area contributed by atoms with Crippen molar-refractivity contribution >= 4 is 33.2 Å². The van der Waals surface area contributed by atoms with Crippen LogP contribution >= 0.6 is 27.5 Å². The van der Waals surface area contributed by atoms with Gasteiger partial charge in [-0.15, -0.1) is 0 Å². The van der Waals surface area contributed by atoms with Gasteiger partial charge in [-0.3, -0.25) is 0 Å². The molecule has 1 N–H and O–H groups in total. The van der Waals surface area contributed by atoms with E-state index in [0.717, 1.165) is 15.7 Å². The Morgan fingerprint density at radius 2 is 1.95 bits per heavy atom. The molecule has 0 aliphatic rings. The summed E-state index contributed by atoms with van der Waals surface area (Å²) < 4.78 is 14.6. The third-order valence-electron chi connectivity index (χ3n) is 2.99. The Morgan fingerprint density at radius 3 is 2.63 bits per heavy atom. The normalized spacial score (nSPS) is 12.3. The van der Waals surface area contributed by atoms with E-state index >= 15 is 0 Å². The minimum Gasteiger partial charge on any atom is -0.377 e. The molecule has 0 amide bonds. The lowest BCUT2D eigenvalue weighted by Gasteiger charge is -2.18. The van der Waals surface area contributed by atoms with Crippen LogP contribution in [0.2, 0.25) is 5.02 Å². The molecule has 0 radical (unpaired) electrons. The van der Waals surface area contributed by atoms with Crippen LogP contribution < -0.4 is 5.32 Å². The van der Waals surface area contributed by atoms with Gasteiger partial charge in [0.25, 0.3) is 0 Å². The van der Waals surface area contributed by atoms with E-state index in [9.17, 15) is 4.39 Å². The second-order valence-electron chi connectivity index (χ2n) is 4.47. The summed E-state index contributed by atoms with van der Waals surface area (Å²) in [4.78, 5) is 0. The van der Waals surface area contributed by atoms with Crippen LogP contribution in [-0.2, 0) is 0 Å². The Hall–Kier alpha value is -1.06. The molecule has 0 spiro atoms. The van der Waals surface area contributed by atoms with Crippen LogP contribution in [0.1, 0.15) is 24.1 Å². The summed E-state index contributed by atoms with van der Waals surface area (Å²) in [6.45, 7) is 3.86. The first kappa shape index (κ1) is 14.4. The van der Waals surface area contributed by atoms with Gasteiger partial charge < -0.3 is 5.32 Å². The van der Waals surface area contributed by atoms with E-state index in [-0.39, 0.29) is 11.9 Å². The lowest BCUT2D eigenvalue weighted by Crippen LogP contribution is -2.09. The standard InChI is InChI=1S/C15H14BrClFN/c1-9-7-12(16)15(8-13(9)17)19-10(2)11-5-3-4-6-14(11)18/h3-8,10,19H,1-2H3. The molecule has 4 heteroatoms. The highest BCUT2D eigenvalue weighted by molar-refractivity contribution is 9.10. The molecular weight excluding hydrogens is 329 g/mol. The Morgan fingerprint density at radius 1 is 1.26 bits per heavy atom. The molecule has 0 bridgehead atoms. The third-order valence-corrected chi connectivity index (χ3v) is 4.06. The molecule has 1 atom stereocenters. The van der Waals surface area contributed by atoms with Crippen LogP contribution in [0, 0.1) is 12.7 Å². The maximum Gasteiger partial charge on any atom is 0.128 e. The van der Waals surface area contributed by atoms with E-state index in [1.807, 2.05) is 32.0 Å². The first-order valence-corrected chi connectivity index (χ1v) is 7.12. The quantitative estimate of drug-likeness (QED) is 0.752. The Labute approximate surface area is 125 Å². The predicted molar refractivity (Wildman–Crippen MR) is 82.3 cm³/mol. The van der Waals surface area contributed by atoms with Crippen molar-refractivity contribution in [2.75, 3.05) is 5.32 Å². The molecule has 1 unspecified atom stereocenters. The van der Waals surface area contributed by atoms with E-state index < -0.39 is 0 Å². The molecule has 0 aromatic heterocycles. The van der Waals surface area contributed by atoms with Gasteiger partial charge in [0.15, 0.2) is 0 Å². The van der Waals surface area contributed by atoms with Gasteiger partial charge in [0.1, 0.15) is 5.82 Å². The minimum absolute atomic E-state index is 0.142. The maximum absolute atomic E-state index is 13.7. The van der Waals surface area contributed by atoms with Crippen LogP contribution in [0.5, 0.6) is 0 Å². The molecule has 2 aromatic rings. The zero-order valence-electron chi connectivity index (χ0n) is 10.7. The van der Waals surface area contributed by atoms with Gasteiger partial charge >= 0.3 is 0 Å². The number of nitrogens with one attached hydrogen (secondary N) is 1. The van der Waals surface area contributed by atoms with E-state index in [4.69, 9.17) is 11.6 Å². The van der Waals surface area contributed by atoms with Crippen molar-refractivity contribution < 1.29 is 4.39 Å². The second-order valence-corrected chi connectivity index (χ2v) is 5.73. The molecule has 2 aromatic carbocycles. The van der Waals surface area contributed by atoms with Gasteiger partial charge in [0.05, 0.1) is 11.7 Å². The van der Waals surface area contributed by atoms with Crippen LogP contribution in [-0.4, -0.2) is 0 Å². The van der Waals surface area contributed by atoms with Crippen molar-refractivity contribution in [3.63, 3.8) is 0 Å². The largest absolute Gasteiger partial charge is 0.377 e. The van der Waals surface area contributed by atoms with Crippen molar-refractivity contribution in [2.24, 2.45) is 0 Å². The van der Waals surface area contributed by atoms with Crippen LogP contribution in [0.3, 0.4) is 0 Å². The molecule has 0 saturated carbocycles. The number of hydrogen-bond donors (Lipinski definition) is 1. The number of rotatable bonds is 3. The smallest absolute Gasteiger partial charge is 0.128 e. The molecule has 2 rings (SSSR count). The molecule has 100 valence electrons. The van der Waals surface area contributed by atoms with E-state index in [1.54, 1.807) is 12.1 Å². The monoisotopic (exact) mass is 341 g/mol. The van der Waals surface area contributed by atoms with Crippen LogP contribution in [0.25, 0.3) is 0 Å². The second kappa shape index (κ2) is 5.93. The van der Waals surface area contributed by atoms with Gasteiger partial charge in [-0.25, -0.2) is 4.39 Å². The third kappa shape index (κ3) is 3.28. The van der Waals surface area contributed by atoms with Gasteiger partial charge in [0, 0.05) is 15.1 Å². The van der Waals surface area contributed by atoms with Crippen molar-refractivity contribution in [3.05, 3.63) is 62.8 Å². The number of hydrogen-bond acceptors (Lipinski definition) is 1. The molecular formula is C15H14BrClFN. The zero-order valence-corrected chi connectivity index (χ0v) is 13.0. The summed E-state index contributed by atoms with van der Waals surface area (Å²) in [6.07, 6.45) is 0. The van der Waals surface area contributed by atoms with Gasteiger partial charge in [-0.2, -0.15) is 0 Å². The number of halogens is 3. The zero-order chi connectivity index (χ0) is 14.0. The topological polar surface area (TPSA) is 12.0 Å². The van der Waals surface area contributed by atoms with E-state index in [0.29, 0.717) is 10.6 Å². The van der Waals surface area contributed by atoms with Crippen molar-refractivity contribution in [3.8, 4) is 0 Å². The predicted octanol–water partition coefficient (Wildman–Crippen LogP) is 5.72. The first-order valence-electron chi connectivity index (χ1n) is 5.95. The summed E-state index contributed by atoms with van der Waals surface area (Å²) in [5.74, 6) is -0.211. The fraction of sp³-hybridized carbons (Fsp3) is 0.200. The Kier molecular flexibility index (Phi) is 4.48. The molecule has 0 heterocycles. The van der Waals surface area contributed by atoms with Gasteiger partial charge in [0.2, 0.25) is 0 Å². The number of benzene rings is 2. The van der Waals surface area contributed by atoms with E-state index in [2.05, 4.69) is 21.2 Å². The summed E-state index contributed by atoms with van der Waals surface area (Å²) in [6, 6.07) is 10.4. The summed E-state index contributed by atoms with van der Waals surface area (Å²) >= 11 is 9.60. The molecule has 19 heavy (non-hydrogen) atoms. The fourth-order valence-corrected chi connectivity index (χ4v) is 2.63. The average Bonchev–Trinajstić information content (AvgIpc) is 2.36. The fourth-order valence-electron chi connectivity index (χ4n) is 1.89. The molecule has 0 aliphatic carbocycles. The summed E-state index contributed by atoms with van der Waals surface area (Å²) in [5, 5.41) is 3.95. The highest BCUT2D eigenvalue weighted by Crippen LogP contribution is 2.32. The SMILES string of the molecule is Cc1cc(Br)c(NC(C)c2ccccc2F)cc1Cl. The molecule has 0 fully saturated rings. The summed E-state index contributed by atoms with van der Waals surface area (Å²) in [5.41, 5.74) is 2.48. The molecule has 0 saturated heterocycles. The number of anilines is 1. The maximum atomic E-state index is 13.7. The van der Waals surface area contributed by atoms with Crippen molar-refractivity contribution in [1.82, 2.24) is 0 Å². The molecule has 0 aliphatic heterocycles. The Bertz CT molecular complexity index is 601. The lowest BCUT2D eigenvalue weighted by molar-refractivity contribution is 0.600. The minimum atomic E-state index is -0.211. The summed E-state index contributed by atoms with van der Waals surface area (Å²) in [7, 11) is 0. The highest BCUT2D eigenvalue weighted by atomic mass is 79.9. The van der Waals surface area contributed by atoms with Crippen LogP contribution in [0.15, 0.2) is 40.9 Å². The van der Waals surface area contributed by atoms with Crippen molar-refractivity contribution in [2.45, 2.75) is 19.9 Å². The number of aryl methyl sites for hydroxylation is 1. The average molecular weight is 343 g/mol. The first-order chi connectivity index (χ1) is 8.99. The van der Waals surface area contributed by atoms with Crippen LogP contribution in [0.4, 0.5) is 10.1 Å². The highest BCUT2D eigenvalue weighted by Gasteiger charge is 2.12. The molecule has 1 nitrogen and oxygen atoms in total. The Balaban J connectivity index is 2.27. The van der Waals surface area contributed by atoms with Crippen molar-refractivity contribution in [1.29, 1.82) is 0 Å². The lowest BCUT2D eigenvalue weighted by atomic mass is 10.1. The van der Waals surface area contributed by atoms with E-state index in [1.165, 1.54) is 6.07 Å². The van der Waals surface area contributed by atoms with Gasteiger partial charge in [-0.05, 0) is 53.5 Å².